The van der Waals surface area contributed by atoms with E-state index in [1.165, 1.54) is 18.1 Å². The molecule has 2 aromatic rings. The molecule has 0 aliphatic rings. The fourth-order valence-corrected chi connectivity index (χ4v) is 2.25. The second-order valence-corrected chi connectivity index (χ2v) is 5.34. The molecule has 0 fully saturated rings. The van der Waals surface area contributed by atoms with Crippen molar-refractivity contribution in [3.63, 3.8) is 0 Å². The molecule has 0 N–H and O–H groups in total. The van der Waals surface area contributed by atoms with Gasteiger partial charge in [-0.1, -0.05) is 42.1 Å². The van der Waals surface area contributed by atoms with Crippen LogP contribution in [0, 0.1) is 0 Å². The Morgan fingerprint density at radius 3 is 2.61 bits per heavy atom. The number of rotatable bonds is 4. The first-order chi connectivity index (χ1) is 8.66. The van der Waals surface area contributed by atoms with Gasteiger partial charge in [0.2, 0.25) is 0 Å². The van der Waals surface area contributed by atoms with E-state index in [0.29, 0.717) is 0 Å². The maximum absolute atomic E-state index is 11.2. The van der Waals surface area contributed by atoms with Gasteiger partial charge in [-0.15, -0.1) is 0 Å². The Hall–Kier alpha value is -1.68. The molecule has 4 heteroatoms. The summed E-state index contributed by atoms with van der Waals surface area (Å²) in [6.07, 6.45) is 1.54. The van der Waals surface area contributed by atoms with Gasteiger partial charge in [-0.3, -0.25) is 4.79 Å². The van der Waals surface area contributed by atoms with E-state index in [1.54, 1.807) is 6.92 Å². The molecule has 1 atom stereocenters. The second-order valence-electron chi connectivity index (χ2n) is 3.98. The van der Waals surface area contributed by atoms with Crippen LogP contribution < -0.4 is 0 Å². The molecule has 18 heavy (non-hydrogen) atoms. The third-order valence-electron chi connectivity index (χ3n) is 2.58. The van der Waals surface area contributed by atoms with Crippen molar-refractivity contribution < 1.29 is 4.79 Å². The molecule has 0 amide bonds. The van der Waals surface area contributed by atoms with Crippen molar-refractivity contribution in [2.24, 2.45) is 0 Å². The Morgan fingerprint density at radius 2 is 1.94 bits per heavy atom. The van der Waals surface area contributed by atoms with E-state index in [9.17, 15) is 4.79 Å². The smallest absolute Gasteiger partial charge is 0.142 e. The van der Waals surface area contributed by atoms with Gasteiger partial charge >= 0.3 is 0 Å². The van der Waals surface area contributed by atoms with Gasteiger partial charge in [0.05, 0.1) is 10.9 Å². The highest BCUT2D eigenvalue weighted by Gasteiger charge is 2.11. The number of carbonyl (C=O) groups is 1. The number of hydrogen-bond donors (Lipinski definition) is 0. The van der Waals surface area contributed by atoms with Crippen LogP contribution in [0.5, 0.6) is 0 Å². The third kappa shape index (κ3) is 3.17. The van der Waals surface area contributed by atoms with Crippen molar-refractivity contribution in [3.8, 4) is 11.3 Å². The number of Topliss-reactive ketones (excluding diaryl/α,β-unsaturated/α-hetero) is 1. The van der Waals surface area contributed by atoms with Crippen LogP contribution in [0.15, 0.2) is 47.8 Å². The first-order valence-electron chi connectivity index (χ1n) is 5.71. The van der Waals surface area contributed by atoms with Crippen molar-refractivity contribution in [3.05, 3.63) is 42.7 Å². The highest BCUT2D eigenvalue weighted by molar-refractivity contribution is 8.00. The number of thioether (sulfide) groups is 1. The monoisotopic (exact) mass is 258 g/mol. The molecule has 2 rings (SSSR count). The Bertz CT molecular complexity index is 543. The van der Waals surface area contributed by atoms with E-state index in [0.717, 1.165) is 16.3 Å². The van der Waals surface area contributed by atoms with Gasteiger partial charge in [0.25, 0.3) is 0 Å². The van der Waals surface area contributed by atoms with Crippen molar-refractivity contribution in [2.45, 2.75) is 24.1 Å². The minimum Gasteiger partial charge on any atom is -0.299 e. The quantitative estimate of drug-likeness (QED) is 0.624. The van der Waals surface area contributed by atoms with Crippen molar-refractivity contribution in [1.82, 2.24) is 9.97 Å². The molecule has 0 aliphatic heterocycles. The Kier molecular flexibility index (Phi) is 4.10. The number of nitrogens with zero attached hydrogens (tertiary/aromatic N) is 2. The molecular formula is C14H14N2OS. The van der Waals surface area contributed by atoms with Gasteiger partial charge in [-0.25, -0.2) is 9.97 Å². The Balaban J connectivity index is 2.23. The fraction of sp³-hybridized carbons (Fsp3) is 0.214. The Morgan fingerprint density at radius 1 is 1.22 bits per heavy atom. The standard InChI is InChI=1S/C14H14N2OS/c1-10(17)11(2)18-14-8-13(15-9-16-14)12-6-4-3-5-7-12/h3-9,11H,1-2H3. The number of aromatic nitrogens is 2. The average Bonchev–Trinajstić information content (AvgIpc) is 2.40. The molecule has 1 heterocycles. The maximum Gasteiger partial charge on any atom is 0.142 e. The summed E-state index contributed by atoms with van der Waals surface area (Å²) >= 11 is 1.46. The van der Waals surface area contributed by atoms with Gasteiger partial charge in [-0.05, 0) is 19.9 Å². The first kappa shape index (κ1) is 12.8. The molecule has 0 spiro atoms. The summed E-state index contributed by atoms with van der Waals surface area (Å²) in [6, 6.07) is 11.8. The van der Waals surface area contributed by atoms with E-state index in [1.807, 2.05) is 43.3 Å². The topological polar surface area (TPSA) is 42.9 Å². The first-order valence-corrected chi connectivity index (χ1v) is 6.59. The minimum atomic E-state index is -0.0801. The number of hydrogen-bond acceptors (Lipinski definition) is 4. The van der Waals surface area contributed by atoms with Gasteiger partial charge in [0, 0.05) is 5.56 Å². The highest BCUT2D eigenvalue weighted by Crippen LogP contribution is 2.25. The zero-order valence-corrected chi connectivity index (χ0v) is 11.1. The Labute approximate surface area is 111 Å². The van der Waals surface area contributed by atoms with Crippen LogP contribution in [0.25, 0.3) is 11.3 Å². The lowest BCUT2D eigenvalue weighted by atomic mass is 10.1. The number of ketones is 1. The molecule has 1 unspecified atom stereocenters. The summed E-state index contributed by atoms with van der Waals surface area (Å²) in [7, 11) is 0. The van der Waals surface area contributed by atoms with Gasteiger partial charge < -0.3 is 0 Å². The van der Waals surface area contributed by atoms with E-state index < -0.39 is 0 Å². The highest BCUT2D eigenvalue weighted by atomic mass is 32.2. The van der Waals surface area contributed by atoms with Crippen LogP contribution in [0.4, 0.5) is 0 Å². The fourth-order valence-electron chi connectivity index (χ4n) is 1.43. The molecule has 1 aromatic heterocycles. The van der Waals surface area contributed by atoms with Gasteiger partial charge in [-0.2, -0.15) is 0 Å². The van der Waals surface area contributed by atoms with Crippen LogP contribution in [0.2, 0.25) is 0 Å². The lowest BCUT2D eigenvalue weighted by Gasteiger charge is -2.07. The molecule has 0 saturated carbocycles. The second kappa shape index (κ2) is 5.78. The third-order valence-corrected chi connectivity index (χ3v) is 3.73. The van der Waals surface area contributed by atoms with Crippen LogP contribution in [0.3, 0.4) is 0 Å². The lowest BCUT2D eigenvalue weighted by molar-refractivity contribution is -0.116. The van der Waals surface area contributed by atoms with Crippen LogP contribution >= 0.6 is 11.8 Å². The largest absolute Gasteiger partial charge is 0.299 e. The molecular weight excluding hydrogens is 244 g/mol. The van der Waals surface area contributed by atoms with E-state index in [4.69, 9.17) is 0 Å². The molecule has 0 radical (unpaired) electrons. The van der Waals surface area contributed by atoms with E-state index in [2.05, 4.69) is 9.97 Å². The van der Waals surface area contributed by atoms with Crippen molar-refractivity contribution >= 4 is 17.5 Å². The molecule has 92 valence electrons. The summed E-state index contributed by atoms with van der Waals surface area (Å²) in [5.41, 5.74) is 1.93. The van der Waals surface area contributed by atoms with E-state index in [-0.39, 0.29) is 11.0 Å². The SMILES string of the molecule is CC(=O)C(C)Sc1cc(-c2ccccc2)ncn1. The summed E-state index contributed by atoms with van der Waals surface area (Å²) < 4.78 is 0. The summed E-state index contributed by atoms with van der Waals surface area (Å²) in [4.78, 5) is 19.7. The van der Waals surface area contributed by atoms with Crippen LogP contribution in [-0.2, 0) is 4.79 Å². The van der Waals surface area contributed by atoms with Crippen molar-refractivity contribution in [1.29, 1.82) is 0 Å². The molecule has 0 saturated heterocycles. The number of benzene rings is 1. The van der Waals surface area contributed by atoms with Gasteiger partial charge in [0.15, 0.2) is 0 Å². The molecule has 0 aliphatic carbocycles. The lowest BCUT2D eigenvalue weighted by Crippen LogP contribution is -2.08. The van der Waals surface area contributed by atoms with Crippen LogP contribution in [0.1, 0.15) is 13.8 Å². The van der Waals surface area contributed by atoms with E-state index >= 15 is 0 Å². The average molecular weight is 258 g/mol. The summed E-state index contributed by atoms with van der Waals surface area (Å²) in [5.74, 6) is 0.153. The minimum absolute atomic E-state index is 0.0801. The zero-order valence-electron chi connectivity index (χ0n) is 10.3. The number of carbonyl (C=O) groups excluding carboxylic acids is 1. The predicted octanol–water partition coefficient (Wildman–Crippen LogP) is 3.21. The molecule has 1 aromatic carbocycles. The molecule has 0 bridgehead atoms. The zero-order chi connectivity index (χ0) is 13.0. The van der Waals surface area contributed by atoms with Gasteiger partial charge in [0.1, 0.15) is 17.1 Å². The van der Waals surface area contributed by atoms with Crippen molar-refractivity contribution in [2.75, 3.05) is 0 Å². The normalized spacial score (nSPS) is 12.1. The summed E-state index contributed by atoms with van der Waals surface area (Å²) in [6.45, 7) is 3.48. The van der Waals surface area contributed by atoms with Crippen LogP contribution in [-0.4, -0.2) is 21.0 Å². The molecule has 3 nitrogen and oxygen atoms in total. The maximum atomic E-state index is 11.2. The summed E-state index contributed by atoms with van der Waals surface area (Å²) in [5, 5.41) is 0.745. The predicted molar refractivity (Wildman–Crippen MR) is 73.5 cm³/mol.